The van der Waals surface area contributed by atoms with Crippen molar-refractivity contribution in [3.63, 3.8) is 0 Å². The van der Waals surface area contributed by atoms with Crippen molar-refractivity contribution in [3.05, 3.63) is 0 Å². The molecular weight excluding hydrogens is 150 g/mol. The van der Waals surface area contributed by atoms with Crippen LogP contribution in [0.4, 0.5) is 0 Å². The van der Waals surface area contributed by atoms with Gasteiger partial charge in [0, 0.05) is 6.61 Å². The molecular formula is C10H19NO. The molecule has 0 bridgehead atoms. The molecule has 2 nitrogen and oxygen atoms in total. The molecule has 2 atom stereocenters. The number of hydrogen-bond acceptors (Lipinski definition) is 2. The third-order valence-corrected chi connectivity index (χ3v) is 3.41. The Morgan fingerprint density at radius 2 is 2.00 bits per heavy atom. The van der Waals surface area contributed by atoms with E-state index in [9.17, 15) is 0 Å². The van der Waals surface area contributed by atoms with Gasteiger partial charge in [0.05, 0.1) is 6.10 Å². The van der Waals surface area contributed by atoms with Gasteiger partial charge in [-0.25, -0.2) is 0 Å². The summed E-state index contributed by atoms with van der Waals surface area (Å²) in [7, 11) is 0. The highest BCUT2D eigenvalue weighted by Crippen LogP contribution is 2.37. The molecule has 0 aromatic rings. The molecule has 0 spiro atoms. The van der Waals surface area contributed by atoms with Crippen LogP contribution in [0.1, 0.15) is 32.1 Å². The van der Waals surface area contributed by atoms with Gasteiger partial charge in [-0.1, -0.05) is 6.42 Å². The second-order valence-electron chi connectivity index (χ2n) is 4.16. The Bertz CT molecular complexity index is 145. The molecule has 1 aliphatic carbocycles. The maximum atomic E-state index is 5.81. The van der Waals surface area contributed by atoms with Crippen LogP contribution >= 0.6 is 0 Å². The monoisotopic (exact) mass is 169 g/mol. The summed E-state index contributed by atoms with van der Waals surface area (Å²) < 4.78 is 5.81. The highest BCUT2D eigenvalue weighted by molar-refractivity contribution is 4.85. The van der Waals surface area contributed by atoms with Gasteiger partial charge < -0.3 is 10.5 Å². The summed E-state index contributed by atoms with van der Waals surface area (Å²) >= 11 is 0. The van der Waals surface area contributed by atoms with Crippen LogP contribution in [0, 0.1) is 11.8 Å². The van der Waals surface area contributed by atoms with Gasteiger partial charge in [0.2, 0.25) is 0 Å². The molecule has 2 fully saturated rings. The molecule has 1 saturated carbocycles. The van der Waals surface area contributed by atoms with E-state index < -0.39 is 0 Å². The second kappa shape index (κ2) is 3.75. The van der Waals surface area contributed by atoms with Crippen molar-refractivity contribution < 1.29 is 4.74 Å². The van der Waals surface area contributed by atoms with Crippen molar-refractivity contribution in [2.24, 2.45) is 17.6 Å². The summed E-state index contributed by atoms with van der Waals surface area (Å²) in [6.45, 7) is 1.79. The van der Waals surface area contributed by atoms with E-state index >= 15 is 0 Å². The van der Waals surface area contributed by atoms with E-state index in [1.807, 2.05) is 0 Å². The minimum atomic E-state index is 0.512. The Kier molecular flexibility index (Phi) is 2.66. The zero-order valence-electron chi connectivity index (χ0n) is 7.67. The second-order valence-corrected chi connectivity index (χ2v) is 4.16. The van der Waals surface area contributed by atoms with Crippen LogP contribution in [0.5, 0.6) is 0 Å². The Morgan fingerprint density at radius 1 is 1.17 bits per heavy atom. The number of ether oxygens (including phenoxy) is 1. The largest absolute Gasteiger partial charge is 0.378 e. The van der Waals surface area contributed by atoms with E-state index in [1.54, 1.807) is 0 Å². The SMILES string of the molecule is NCC1CCCOC1C1CCC1. The van der Waals surface area contributed by atoms with Crippen LogP contribution in [0.2, 0.25) is 0 Å². The van der Waals surface area contributed by atoms with E-state index in [4.69, 9.17) is 10.5 Å². The molecule has 0 aromatic carbocycles. The van der Waals surface area contributed by atoms with Gasteiger partial charge in [0.25, 0.3) is 0 Å². The van der Waals surface area contributed by atoms with Crippen LogP contribution in [0.3, 0.4) is 0 Å². The maximum absolute atomic E-state index is 5.81. The predicted molar refractivity (Wildman–Crippen MR) is 48.9 cm³/mol. The van der Waals surface area contributed by atoms with Gasteiger partial charge >= 0.3 is 0 Å². The van der Waals surface area contributed by atoms with Gasteiger partial charge in [-0.2, -0.15) is 0 Å². The lowest BCUT2D eigenvalue weighted by atomic mass is 9.74. The molecule has 2 unspecified atom stereocenters. The van der Waals surface area contributed by atoms with Gasteiger partial charge in [-0.3, -0.25) is 0 Å². The van der Waals surface area contributed by atoms with Crippen LogP contribution in [-0.4, -0.2) is 19.3 Å². The average molecular weight is 169 g/mol. The van der Waals surface area contributed by atoms with E-state index in [2.05, 4.69) is 0 Å². The third-order valence-electron chi connectivity index (χ3n) is 3.41. The maximum Gasteiger partial charge on any atom is 0.0643 e. The Balaban J connectivity index is 1.90. The van der Waals surface area contributed by atoms with Crippen molar-refractivity contribution >= 4 is 0 Å². The van der Waals surface area contributed by atoms with E-state index in [0.717, 1.165) is 19.1 Å². The lowest BCUT2D eigenvalue weighted by molar-refractivity contribution is -0.0767. The summed E-state index contributed by atoms with van der Waals surface area (Å²) in [6.07, 6.45) is 7.17. The Morgan fingerprint density at radius 3 is 2.58 bits per heavy atom. The van der Waals surface area contributed by atoms with Gasteiger partial charge in [0.1, 0.15) is 0 Å². The average Bonchev–Trinajstić information content (AvgIpc) is 2.02. The topological polar surface area (TPSA) is 35.2 Å². The van der Waals surface area contributed by atoms with Gasteiger partial charge in [0.15, 0.2) is 0 Å². The highest BCUT2D eigenvalue weighted by atomic mass is 16.5. The highest BCUT2D eigenvalue weighted by Gasteiger charge is 2.34. The lowest BCUT2D eigenvalue weighted by Crippen LogP contribution is -2.42. The van der Waals surface area contributed by atoms with Crippen LogP contribution < -0.4 is 5.73 Å². The molecule has 0 aromatic heterocycles. The zero-order valence-corrected chi connectivity index (χ0v) is 7.67. The molecule has 70 valence electrons. The fourth-order valence-electron chi connectivity index (χ4n) is 2.41. The lowest BCUT2D eigenvalue weighted by Gasteiger charge is -2.40. The summed E-state index contributed by atoms with van der Waals surface area (Å²) in [5.41, 5.74) is 5.73. The molecule has 1 aliphatic heterocycles. The molecule has 12 heavy (non-hydrogen) atoms. The first-order valence-corrected chi connectivity index (χ1v) is 5.23. The van der Waals surface area contributed by atoms with Crippen molar-refractivity contribution in [2.75, 3.05) is 13.2 Å². The van der Waals surface area contributed by atoms with Crippen LogP contribution in [0.15, 0.2) is 0 Å². The smallest absolute Gasteiger partial charge is 0.0643 e. The van der Waals surface area contributed by atoms with E-state index in [0.29, 0.717) is 12.0 Å². The molecule has 0 amide bonds. The number of nitrogens with two attached hydrogens (primary N) is 1. The van der Waals surface area contributed by atoms with Crippen molar-refractivity contribution in [3.8, 4) is 0 Å². The van der Waals surface area contributed by atoms with Crippen LogP contribution in [-0.2, 0) is 4.74 Å². The fourth-order valence-corrected chi connectivity index (χ4v) is 2.41. The Hall–Kier alpha value is -0.0800. The number of rotatable bonds is 2. The summed E-state index contributed by atoms with van der Waals surface area (Å²) in [6, 6.07) is 0. The number of hydrogen-bond donors (Lipinski definition) is 1. The quantitative estimate of drug-likeness (QED) is 0.680. The minimum absolute atomic E-state index is 0.512. The van der Waals surface area contributed by atoms with Crippen molar-refractivity contribution in [1.82, 2.24) is 0 Å². The first-order chi connectivity index (χ1) is 5.92. The molecule has 0 radical (unpaired) electrons. The minimum Gasteiger partial charge on any atom is -0.378 e. The molecule has 2 aliphatic rings. The fraction of sp³-hybridized carbons (Fsp3) is 1.00. The standard InChI is InChI=1S/C10H19NO/c11-7-9-5-2-6-12-10(9)8-3-1-4-8/h8-10H,1-7,11H2. The van der Waals surface area contributed by atoms with Crippen molar-refractivity contribution in [2.45, 2.75) is 38.2 Å². The van der Waals surface area contributed by atoms with Crippen LogP contribution in [0.25, 0.3) is 0 Å². The summed E-state index contributed by atoms with van der Waals surface area (Å²) in [5, 5.41) is 0. The normalized spacial score (nSPS) is 37.8. The molecule has 2 N–H and O–H groups in total. The van der Waals surface area contributed by atoms with Gasteiger partial charge in [-0.05, 0) is 44.1 Å². The first kappa shape index (κ1) is 8.52. The first-order valence-electron chi connectivity index (χ1n) is 5.23. The molecule has 1 saturated heterocycles. The molecule has 1 heterocycles. The predicted octanol–water partition coefficient (Wildman–Crippen LogP) is 1.54. The summed E-state index contributed by atoms with van der Waals surface area (Å²) in [4.78, 5) is 0. The molecule has 2 rings (SSSR count). The van der Waals surface area contributed by atoms with E-state index in [-0.39, 0.29) is 0 Å². The van der Waals surface area contributed by atoms with Crippen molar-refractivity contribution in [1.29, 1.82) is 0 Å². The van der Waals surface area contributed by atoms with E-state index in [1.165, 1.54) is 32.1 Å². The third kappa shape index (κ3) is 1.50. The molecule has 2 heteroatoms. The Labute approximate surface area is 74.5 Å². The van der Waals surface area contributed by atoms with Gasteiger partial charge in [-0.15, -0.1) is 0 Å². The zero-order chi connectivity index (χ0) is 8.39. The summed E-state index contributed by atoms with van der Waals surface area (Å²) in [5.74, 6) is 1.50.